The minimum Gasteiger partial charge on any atom is -0.311 e. The molecule has 1 fully saturated rings. The summed E-state index contributed by atoms with van der Waals surface area (Å²) in [6.45, 7) is 10.4. The van der Waals surface area contributed by atoms with Gasteiger partial charge in [-0.05, 0) is 45.7 Å². The van der Waals surface area contributed by atoms with Crippen molar-refractivity contribution in [3.8, 4) is 12.3 Å². The average molecular weight is 222 g/mol. The minimum absolute atomic E-state index is 0.442. The minimum atomic E-state index is 0.442. The molecule has 0 bridgehead atoms. The topological polar surface area (TPSA) is 15.3 Å². The summed E-state index contributed by atoms with van der Waals surface area (Å²) in [4.78, 5) is 2.55. The molecule has 1 aliphatic heterocycles. The van der Waals surface area contributed by atoms with Crippen molar-refractivity contribution in [3.63, 3.8) is 0 Å². The first kappa shape index (κ1) is 13.5. The number of nitrogens with zero attached hydrogens (tertiary/aromatic N) is 1. The smallest absolute Gasteiger partial charge is 0.0238 e. The number of hydrogen-bond acceptors (Lipinski definition) is 2. The Balaban J connectivity index is 2.35. The van der Waals surface area contributed by atoms with E-state index in [1.165, 1.54) is 32.5 Å². The molecule has 1 rings (SSSR count). The number of hydrogen-bond donors (Lipinski definition) is 1. The molecule has 1 aliphatic rings. The monoisotopic (exact) mass is 222 g/mol. The van der Waals surface area contributed by atoms with E-state index >= 15 is 0 Å². The molecular formula is C14H26N2. The summed E-state index contributed by atoms with van der Waals surface area (Å²) in [5.41, 5.74) is 0. The van der Waals surface area contributed by atoms with Crippen LogP contribution in [-0.4, -0.2) is 36.6 Å². The van der Waals surface area contributed by atoms with Crippen molar-refractivity contribution in [1.29, 1.82) is 0 Å². The molecule has 0 radical (unpaired) electrons. The Morgan fingerprint density at radius 1 is 1.50 bits per heavy atom. The van der Waals surface area contributed by atoms with Gasteiger partial charge in [0.25, 0.3) is 0 Å². The van der Waals surface area contributed by atoms with Gasteiger partial charge in [0.2, 0.25) is 0 Å². The molecule has 3 unspecified atom stereocenters. The molecule has 2 nitrogen and oxygen atoms in total. The molecule has 0 aliphatic carbocycles. The summed E-state index contributed by atoms with van der Waals surface area (Å²) >= 11 is 0. The van der Waals surface area contributed by atoms with E-state index in [9.17, 15) is 0 Å². The van der Waals surface area contributed by atoms with Gasteiger partial charge in [-0.15, -0.1) is 12.3 Å². The van der Waals surface area contributed by atoms with Crippen LogP contribution in [0.2, 0.25) is 0 Å². The van der Waals surface area contributed by atoms with Gasteiger partial charge in [-0.25, -0.2) is 0 Å². The van der Waals surface area contributed by atoms with Crippen molar-refractivity contribution >= 4 is 0 Å². The Morgan fingerprint density at radius 3 is 2.88 bits per heavy atom. The maximum atomic E-state index is 5.33. The summed E-state index contributed by atoms with van der Waals surface area (Å²) in [6, 6.07) is 1.02. The number of rotatable bonds is 5. The van der Waals surface area contributed by atoms with E-state index < -0.39 is 0 Å². The third kappa shape index (κ3) is 4.15. The van der Waals surface area contributed by atoms with Crippen LogP contribution >= 0.6 is 0 Å². The lowest BCUT2D eigenvalue weighted by Gasteiger charge is -2.36. The van der Waals surface area contributed by atoms with Gasteiger partial charge < -0.3 is 10.2 Å². The van der Waals surface area contributed by atoms with Gasteiger partial charge in [-0.2, -0.15) is 0 Å². The Hall–Kier alpha value is -0.520. The van der Waals surface area contributed by atoms with Gasteiger partial charge in [0.1, 0.15) is 0 Å². The molecule has 16 heavy (non-hydrogen) atoms. The zero-order valence-corrected chi connectivity index (χ0v) is 11.0. The molecule has 3 atom stereocenters. The first-order valence-corrected chi connectivity index (χ1v) is 6.59. The zero-order chi connectivity index (χ0) is 12.0. The molecule has 1 saturated heterocycles. The lowest BCUT2D eigenvalue weighted by molar-refractivity contribution is 0.153. The highest BCUT2D eigenvalue weighted by Crippen LogP contribution is 2.19. The van der Waals surface area contributed by atoms with Crippen LogP contribution in [0.1, 0.15) is 40.0 Å². The van der Waals surface area contributed by atoms with Gasteiger partial charge in [-0.3, -0.25) is 0 Å². The number of terminal acetylenes is 1. The molecule has 92 valence electrons. The summed E-state index contributed by atoms with van der Waals surface area (Å²) in [5, 5.41) is 3.63. The van der Waals surface area contributed by atoms with Gasteiger partial charge in [0, 0.05) is 25.0 Å². The van der Waals surface area contributed by atoms with E-state index in [0.717, 1.165) is 12.3 Å². The lowest BCUT2D eigenvalue weighted by Crippen LogP contribution is -2.46. The second kappa shape index (κ2) is 6.93. The molecule has 0 aromatic heterocycles. The predicted octanol–water partition coefficient (Wildman–Crippen LogP) is 2.11. The molecule has 1 N–H and O–H groups in total. The van der Waals surface area contributed by atoms with E-state index in [4.69, 9.17) is 6.42 Å². The normalized spacial score (nSPS) is 26.0. The second-order valence-electron chi connectivity index (χ2n) is 5.06. The number of likely N-dealkylation sites (tertiary alicyclic amines) is 1. The fraction of sp³-hybridized carbons (Fsp3) is 0.857. The Bertz CT molecular complexity index is 231. The van der Waals surface area contributed by atoms with Crippen LogP contribution in [0.4, 0.5) is 0 Å². The average Bonchev–Trinajstić information content (AvgIpc) is 2.29. The van der Waals surface area contributed by atoms with E-state index in [1.807, 2.05) is 0 Å². The first-order chi connectivity index (χ1) is 7.67. The maximum Gasteiger partial charge on any atom is 0.0238 e. The molecule has 0 amide bonds. The molecule has 0 spiro atoms. The maximum absolute atomic E-state index is 5.33. The molecule has 2 heteroatoms. The van der Waals surface area contributed by atoms with Crippen molar-refractivity contribution < 1.29 is 0 Å². The standard InChI is InChI=1S/C14H26N2/c1-5-8-12(3)15-13(4)14-9-7-10-16(6-2)11-14/h1,12-15H,6-11H2,2-4H3. The predicted molar refractivity (Wildman–Crippen MR) is 70.3 cm³/mol. The van der Waals surface area contributed by atoms with Crippen LogP contribution in [0.15, 0.2) is 0 Å². The fourth-order valence-electron chi connectivity index (χ4n) is 2.61. The Labute approximate surface area is 101 Å². The summed E-state index contributed by atoms with van der Waals surface area (Å²) in [7, 11) is 0. The highest BCUT2D eigenvalue weighted by molar-refractivity contribution is 4.90. The molecule has 1 heterocycles. The van der Waals surface area contributed by atoms with Gasteiger partial charge in [0.15, 0.2) is 0 Å². The molecule has 0 aromatic rings. The zero-order valence-electron chi connectivity index (χ0n) is 11.0. The number of piperidine rings is 1. The van der Waals surface area contributed by atoms with Crippen molar-refractivity contribution in [2.75, 3.05) is 19.6 Å². The quantitative estimate of drug-likeness (QED) is 0.717. The van der Waals surface area contributed by atoms with E-state index in [1.54, 1.807) is 0 Å². The summed E-state index contributed by atoms with van der Waals surface area (Å²) in [5.74, 6) is 3.51. The Kier molecular flexibility index (Phi) is 5.87. The SMILES string of the molecule is C#CCC(C)NC(C)C1CCCN(CC)C1. The van der Waals surface area contributed by atoms with Gasteiger partial charge >= 0.3 is 0 Å². The third-order valence-corrected chi connectivity index (χ3v) is 3.67. The summed E-state index contributed by atoms with van der Waals surface area (Å²) < 4.78 is 0. The van der Waals surface area contributed by atoms with E-state index in [0.29, 0.717) is 12.1 Å². The molecular weight excluding hydrogens is 196 g/mol. The lowest BCUT2D eigenvalue weighted by atomic mass is 9.91. The van der Waals surface area contributed by atoms with Crippen molar-refractivity contribution in [2.24, 2.45) is 5.92 Å². The van der Waals surface area contributed by atoms with Crippen LogP contribution in [0.25, 0.3) is 0 Å². The van der Waals surface area contributed by atoms with Gasteiger partial charge in [-0.1, -0.05) is 6.92 Å². The first-order valence-electron chi connectivity index (χ1n) is 6.59. The van der Waals surface area contributed by atoms with Crippen molar-refractivity contribution in [2.45, 2.75) is 52.1 Å². The third-order valence-electron chi connectivity index (χ3n) is 3.67. The van der Waals surface area contributed by atoms with Crippen LogP contribution in [0.3, 0.4) is 0 Å². The summed E-state index contributed by atoms with van der Waals surface area (Å²) in [6.07, 6.45) is 8.85. The highest BCUT2D eigenvalue weighted by Gasteiger charge is 2.24. The molecule has 0 aromatic carbocycles. The van der Waals surface area contributed by atoms with Crippen LogP contribution < -0.4 is 5.32 Å². The van der Waals surface area contributed by atoms with Crippen molar-refractivity contribution in [1.82, 2.24) is 10.2 Å². The van der Waals surface area contributed by atoms with E-state index in [2.05, 4.69) is 36.9 Å². The van der Waals surface area contributed by atoms with Crippen LogP contribution in [0, 0.1) is 18.3 Å². The van der Waals surface area contributed by atoms with Crippen LogP contribution in [0.5, 0.6) is 0 Å². The van der Waals surface area contributed by atoms with Gasteiger partial charge in [0.05, 0.1) is 0 Å². The second-order valence-corrected chi connectivity index (χ2v) is 5.06. The fourth-order valence-corrected chi connectivity index (χ4v) is 2.61. The van der Waals surface area contributed by atoms with E-state index in [-0.39, 0.29) is 0 Å². The Morgan fingerprint density at radius 2 is 2.25 bits per heavy atom. The van der Waals surface area contributed by atoms with Crippen LogP contribution in [-0.2, 0) is 0 Å². The van der Waals surface area contributed by atoms with Crippen molar-refractivity contribution in [3.05, 3.63) is 0 Å². The highest BCUT2D eigenvalue weighted by atomic mass is 15.1. The number of nitrogens with one attached hydrogen (secondary N) is 1. The molecule has 0 saturated carbocycles. The largest absolute Gasteiger partial charge is 0.311 e.